The van der Waals surface area contributed by atoms with Crippen molar-refractivity contribution in [1.29, 1.82) is 0 Å². The van der Waals surface area contributed by atoms with Crippen molar-refractivity contribution in [1.82, 2.24) is 0 Å². The number of aliphatic hydroxyl groups excluding tert-OH is 1. The molecule has 1 atom stereocenters. The summed E-state index contributed by atoms with van der Waals surface area (Å²) in [4.78, 5) is 0. The zero-order valence-electron chi connectivity index (χ0n) is 9.41. The summed E-state index contributed by atoms with van der Waals surface area (Å²) in [5.41, 5.74) is 0.483. The maximum atomic E-state index is 11.3. The number of hydrogen-bond donors (Lipinski definition) is 2. The molecule has 0 saturated carbocycles. The fraction of sp³-hybridized carbons (Fsp3) is 0.500. The Hall–Kier alpha value is -1.07. The van der Waals surface area contributed by atoms with Gasteiger partial charge >= 0.3 is 0 Å². The lowest BCUT2D eigenvalue weighted by molar-refractivity contribution is 0.0994. The molecule has 94 valence electrons. The van der Waals surface area contributed by atoms with Crippen molar-refractivity contribution in [2.24, 2.45) is 5.92 Å². The summed E-state index contributed by atoms with van der Waals surface area (Å²) in [6, 6.07) is 6.63. The second kappa shape index (κ2) is 4.66. The van der Waals surface area contributed by atoms with Crippen LogP contribution in [0, 0.1) is 5.92 Å². The van der Waals surface area contributed by atoms with E-state index in [1.165, 1.54) is 6.07 Å². The number of aliphatic hydroxyl groups is 1. The van der Waals surface area contributed by atoms with Crippen LogP contribution in [0.4, 0.5) is 0 Å². The minimum Gasteiger partial charge on any atom is -0.508 e. The van der Waals surface area contributed by atoms with Crippen LogP contribution in [0.5, 0.6) is 5.75 Å². The van der Waals surface area contributed by atoms with Crippen LogP contribution in [0.1, 0.15) is 24.5 Å². The van der Waals surface area contributed by atoms with Gasteiger partial charge in [-0.05, 0) is 24.8 Å². The maximum Gasteiger partial charge on any atom is 0.150 e. The van der Waals surface area contributed by atoms with Gasteiger partial charge in [-0.1, -0.05) is 18.2 Å². The monoisotopic (exact) mass is 256 g/mol. The second-order valence-corrected chi connectivity index (χ2v) is 6.80. The number of para-hydroxylation sites is 1. The lowest BCUT2D eigenvalue weighted by Gasteiger charge is -2.27. The average molecular weight is 256 g/mol. The fourth-order valence-corrected chi connectivity index (χ4v) is 3.74. The molecule has 0 amide bonds. The van der Waals surface area contributed by atoms with E-state index in [9.17, 15) is 18.6 Å². The van der Waals surface area contributed by atoms with Gasteiger partial charge in [-0.2, -0.15) is 0 Å². The first kappa shape index (κ1) is 12.4. The van der Waals surface area contributed by atoms with E-state index in [1.807, 2.05) is 0 Å². The molecule has 1 aromatic rings. The molecular formula is C12H16O4S. The molecule has 17 heavy (non-hydrogen) atoms. The Kier molecular flexibility index (Phi) is 3.40. The summed E-state index contributed by atoms with van der Waals surface area (Å²) >= 11 is 0. The minimum atomic E-state index is -2.92. The van der Waals surface area contributed by atoms with Gasteiger partial charge in [-0.25, -0.2) is 8.42 Å². The number of phenolic OH excluding ortho intramolecular Hbond substituents is 1. The van der Waals surface area contributed by atoms with E-state index in [0.717, 1.165) is 0 Å². The molecular weight excluding hydrogens is 240 g/mol. The number of rotatable bonds is 2. The number of hydrogen-bond acceptors (Lipinski definition) is 4. The molecule has 1 heterocycles. The molecule has 0 bridgehead atoms. The van der Waals surface area contributed by atoms with Crippen molar-refractivity contribution in [2.45, 2.75) is 18.9 Å². The lowest BCUT2D eigenvalue weighted by atomic mass is 9.90. The van der Waals surface area contributed by atoms with Crippen LogP contribution >= 0.6 is 0 Å². The predicted molar refractivity (Wildman–Crippen MR) is 64.4 cm³/mol. The van der Waals surface area contributed by atoms with Gasteiger partial charge in [0, 0.05) is 5.56 Å². The van der Waals surface area contributed by atoms with Crippen LogP contribution < -0.4 is 0 Å². The first-order chi connectivity index (χ1) is 7.99. The molecule has 0 aliphatic carbocycles. The fourth-order valence-electron chi connectivity index (χ4n) is 2.22. The topological polar surface area (TPSA) is 74.6 Å². The molecule has 4 nitrogen and oxygen atoms in total. The molecule has 1 unspecified atom stereocenters. The largest absolute Gasteiger partial charge is 0.508 e. The lowest BCUT2D eigenvalue weighted by Crippen LogP contribution is -2.27. The van der Waals surface area contributed by atoms with Gasteiger partial charge in [0.15, 0.2) is 0 Å². The van der Waals surface area contributed by atoms with Crippen LogP contribution in [0.25, 0.3) is 0 Å². The third-order valence-corrected chi connectivity index (χ3v) is 5.02. The summed E-state index contributed by atoms with van der Waals surface area (Å²) in [7, 11) is -2.92. The SMILES string of the molecule is O=S1(=O)CCC(C(O)c2ccccc2O)CC1. The van der Waals surface area contributed by atoms with Crippen LogP contribution in [-0.2, 0) is 9.84 Å². The van der Waals surface area contributed by atoms with E-state index in [0.29, 0.717) is 18.4 Å². The van der Waals surface area contributed by atoms with Gasteiger partial charge in [0.05, 0.1) is 17.6 Å². The molecule has 1 saturated heterocycles. The van der Waals surface area contributed by atoms with Gasteiger partial charge in [-0.15, -0.1) is 0 Å². The quantitative estimate of drug-likeness (QED) is 0.835. The highest BCUT2D eigenvalue weighted by Crippen LogP contribution is 2.35. The Labute approximate surface area is 101 Å². The van der Waals surface area contributed by atoms with Crippen molar-refractivity contribution in [3.05, 3.63) is 29.8 Å². The van der Waals surface area contributed by atoms with E-state index < -0.39 is 15.9 Å². The summed E-state index contributed by atoms with van der Waals surface area (Å²) in [6.07, 6.45) is 0.127. The number of aromatic hydroxyl groups is 1. The van der Waals surface area contributed by atoms with Gasteiger partial charge in [0.1, 0.15) is 15.6 Å². The van der Waals surface area contributed by atoms with Crippen molar-refractivity contribution in [3.8, 4) is 5.75 Å². The molecule has 1 aliphatic rings. The normalized spacial score (nSPS) is 22.2. The molecule has 0 aromatic heterocycles. The third kappa shape index (κ3) is 2.79. The highest BCUT2D eigenvalue weighted by atomic mass is 32.2. The molecule has 1 aliphatic heterocycles. The number of phenols is 1. The predicted octanol–water partition coefficient (Wildman–Crippen LogP) is 1.25. The Morgan fingerprint density at radius 1 is 1.18 bits per heavy atom. The van der Waals surface area contributed by atoms with E-state index in [4.69, 9.17) is 0 Å². The van der Waals surface area contributed by atoms with Gasteiger partial charge in [-0.3, -0.25) is 0 Å². The van der Waals surface area contributed by atoms with E-state index in [1.54, 1.807) is 18.2 Å². The molecule has 5 heteroatoms. The van der Waals surface area contributed by atoms with Crippen LogP contribution in [0.2, 0.25) is 0 Å². The van der Waals surface area contributed by atoms with Crippen LogP contribution in [0.3, 0.4) is 0 Å². The smallest absolute Gasteiger partial charge is 0.150 e. The van der Waals surface area contributed by atoms with E-state index in [2.05, 4.69) is 0 Å². The Bertz CT molecular complexity index is 481. The first-order valence-electron chi connectivity index (χ1n) is 5.66. The molecule has 0 spiro atoms. The highest BCUT2D eigenvalue weighted by molar-refractivity contribution is 7.91. The van der Waals surface area contributed by atoms with Crippen molar-refractivity contribution in [3.63, 3.8) is 0 Å². The summed E-state index contributed by atoms with van der Waals surface area (Å²) < 4.78 is 22.6. The summed E-state index contributed by atoms with van der Waals surface area (Å²) in [5, 5.41) is 19.8. The van der Waals surface area contributed by atoms with Crippen LogP contribution in [-0.4, -0.2) is 30.1 Å². The summed E-state index contributed by atoms with van der Waals surface area (Å²) in [6.45, 7) is 0. The van der Waals surface area contributed by atoms with Crippen LogP contribution in [0.15, 0.2) is 24.3 Å². The third-order valence-electron chi connectivity index (χ3n) is 3.30. The first-order valence-corrected chi connectivity index (χ1v) is 7.48. The second-order valence-electron chi connectivity index (χ2n) is 4.49. The minimum absolute atomic E-state index is 0.0634. The molecule has 0 radical (unpaired) electrons. The van der Waals surface area contributed by atoms with Gasteiger partial charge in [0.2, 0.25) is 0 Å². The highest BCUT2D eigenvalue weighted by Gasteiger charge is 2.30. The van der Waals surface area contributed by atoms with Crippen molar-refractivity contribution < 1.29 is 18.6 Å². The van der Waals surface area contributed by atoms with Gasteiger partial charge < -0.3 is 10.2 Å². The van der Waals surface area contributed by atoms with E-state index in [-0.39, 0.29) is 23.2 Å². The standard InChI is InChI=1S/C12H16O4S/c13-11-4-2-1-3-10(11)12(14)9-5-7-17(15,16)8-6-9/h1-4,9,12-14H,5-8H2. The molecule has 2 N–H and O–H groups in total. The molecule has 2 rings (SSSR count). The Morgan fingerprint density at radius 3 is 2.35 bits per heavy atom. The Morgan fingerprint density at radius 2 is 1.76 bits per heavy atom. The van der Waals surface area contributed by atoms with Crippen molar-refractivity contribution >= 4 is 9.84 Å². The number of sulfone groups is 1. The Balaban J connectivity index is 2.12. The van der Waals surface area contributed by atoms with Gasteiger partial charge in [0.25, 0.3) is 0 Å². The van der Waals surface area contributed by atoms with Crippen molar-refractivity contribution in [2.75, 3.05) is 11.5 Å². The number of benzene rings is 1. The zero-order valence-corrected chi connectivity index (χ0v) is 10.2. The zero-order chi connectivity index (χ0) is 12.5. The maximum absolute atomic E-state index is 11.3. The molecule has 1 fully saturated rings. The van der Waals surface area contributed by atoms with E-state index >= 15 is 0 Å². The average Bonchev–Trinajstić information content (AvgIpc) is 2.29. The summed E-state index contributed by atoms with van der Waals surface area (Å²) in [5.74, 6) is 0.227. The molecule has 1 aromatic carbocycles.